The quantitative estimate of drug-likeness (QED) is 0.267. The third-order valence-electron chi connectivity index (χ3n) is 3.96. The molecule has 138 valence electrons. The van der Waals surface area contributed by atoms with Crippen LogP contribution >= 0.6 is 35.3 Å². The van der Waals surface area contributed by atoms with Crippen LogP contribution in [0.2, 0.25) is 0 Å². The van der Waals surface area contributed by atoms with E-state index in [2.05, 4.69) is 40.1 Å². The summed E-state index contributed by atoms with van der Waals surface area (Å²) >= 11 is 1.80. The van der Waals surface area contributed by atoms with Crippen molar-refractivity contribution in [3.05, 3.63) is 22.4 Å². The van der Waals surface area contributed by atoms with Gasteiger partial charge in [-0.25, -0.2) is 0 Å². The van der Waals surface area contributed by atoms with Gasteiger partial charge in [-0.3, -0.25) is 4.99 Å². The molecule has 0 bridgehead atoms. The lowest BCUT2D eigenvalue weighted by molar-refractivity contribution is -0.0320. The zero-order valence-electron chi connectivity index (χ0n) is 14.6. The van der Waals surface area contributed by atoms with Crippen LogP contribution in [0.1, 0.15) is 37.0 Å². The molecule has 5 nitrogen and oxygen atoms in total. The molecule has 1 aliphatic rings. The Bertz CT molecular complexity index is 451. The van der Waals surface area contributed by atoms with Crippen molar-refractivity contribution in [3.63, 3.8) is 0 Å². The Balaban J connectivity index is 0.00000288. The fourth-order valence-corrected chi connectivity index (χ4v) is 3.30. The molecule has 1 aromatic rings. The maximum absolute atomic E-state index is 5.87. The highest BCUT2D eigenvalue weighted by atomic mass is 127. The largest absolute Gasteiger partial charge is 0.381 e. The van der Waals surface area contributed by atoms with Gasteiger partial charge in [-0.15, -0.1) is 35.3 Å². The van der Waals surface area contributed by atoms with E-state index in [0.29, 0.717) is 12.0 Å². The van der Waals surface area contributed by atoms with E-state index >= 15 is 0 Å². The number of nitrogens with zero attached hydrogens (tertiary/aromatic N) is 1. The molecule has 1 saturated heterocycles. The van der Waals surface area contributed by atoms with Crippen molar-refractivity contribution in [2.24, 2.45) is 4.99 Å². The van der Waals surface area contributed by atoms with Crippen LogP contribution in [0.4, 0.5) is 0 Å². The van der Waals surface area contributed by atoms with Crippen LogP contribution in [0, 0.1) is 0 Å². The number of thiophene rings is 1. The highest BCUT2D eigenvalue weighted by Crippen LogP contribution is 2.19. The number of hydrogen-bond donors (Lipinski definition) is 2. The van der Waals surface area contributed by atoms with Gasteiger partial charge in [0.2, 0.25) is 0 Å². The predicted molar refractivity (Wildman–Crippen MR) is 112 cm³/mol. The highest BCUT2D eigenvalue weighted by molar-refractivity contribution is 14.0. The SMILES string of the molecule is CN=C(NCCCOC1CCOCC1)NCC(C)c1cccs1.I. The average molecular weight is 467 g/mol. The lowest BCUT2D eigenvalue weighted by Gasteiger charge is -2.22. The zero-order valence-corrected chi connectivity index (χ0v) is 17.8. The molecular weight excluding hydrogens is 437 g/mol. The van der Waals surface area contributed by atoms with Gasteiger partial charge in [0.15, 0.2) is 5.96 Å². The van der Waals surface area contributed by atoms with Crippen LogP contribution in [-0.4, -0.2) is 52.0 Å². The Labute approximate surface area is 166 Å². The summed E-state index contributed by atoms with van der Waals surface area (Å²) in [5, 5.41) is 8.85. The number of rotatable bonds is 8. The van der Waals surface area contributed by atoms with Crippen LogP contribution in [-0.2, 0) is 9.47 Å². The Morgan fingerprint density at radius 2 is 2.21 bits per heavy atom. The van der Waals surface area contributed by atoms with Gasteiger partial charge >= 0.3 is 0 Å². The summed E-state index contributed by atoms with van der Waals surface area (Å²) in [5.41, 5.74) is 0. The van der Waals surface area contributed by atoms with E-state index in [9.17, 15) is 0 Å². The molecule has 2 heterocycles. The summed E-state index contributed by atoms with van der Waals surface area (Å²) in [6.07, 6.45) is 3.42. The molecule has 0 aromatic carbocycles. The number of nitrogens with one attached hydrogen (secondary N) is 2. The second kappa shape index (κ2) is 12.9. The van der Waals surface area contributed by atoms with E-state index in [1.165, 1.54) is 4.88 Å². The molecule has 0 radical (unpaired) electrons. The number of hydrogen-bond acceptors (Lipinski definition) is 4. The van der Waals surface area contributed by atoms with Crippen LogP contribution in [0.5, 0.6) is 0 Å². The molecule has 0 amide bonds. The first kappa shape index (κ1) is 21.7. The topological polar surface area (TPSA) is 54.9 Å². The van der Waals surface area contributed by atoms with Gasteiger partial charge in [0.1, 0.15) is 0 Å². The molecule has 1 atom stereocenters. The van der Waals surface area contributed by atoms with Crippen molar-refractivity contribution in [3.8, 4) is 0 Å². The monoisotopic (exact) mass is 467 g/mol. The second-order valence-corrected chi connectivity index (χ2v) is 6.81. The third kappa shape index (κ3) is 8.13. The summed E-state index contributed by atoms with van der Waals surface area (Å²) < 4.78 is 11.2. The number of guanidine groups is 1. The molecule has 1 aromatic heterocycles. The Morgan fingerprint density at radius 1 is 1.42 bits per heavy atom. The van der Waals surface area contributed by atoms with Crippen molar-refractivity contribution in [1.29, 1.82) is 0 Å². The average Bonchev–Trinajstić information content (AvgIpc) is 3.12. The predicted octanol–water partition coefficient (Wildman–Crippen LogP) is 3.22. The fraction of sp³-hybridized carbons (Fsp3) is 0.706. The first-order valence-electron chi connectivity index (χ1n) is 8.47. The molecule has 0 spiro atoms. The van der Waals surface area contributed by atoms with Crippen molar-refractivity contribution < 1.29 is 9.47 Å². The molecule has 2 rings (SSSR count). The molecule has 1 unspecified atom stereocenters. The van der Waals surface area contributed by atoms with Crippen molar-refractivity contribution >= 4 is 41.3 Å². The minimum absolute atomic E-state index is 0. The van der Waals surface area contributed by atoms with E-state index < -0.39 is 0 Å². The van der Waals surface area contributed by atoms with Crippen LogP contribution < -0.4 is 10.6 Å². The standard InChI is InChI=1S/C17H29N3O2S.HI/c1-14(16-5-3-12-23-16)13-20-17(18-2)19-8-4-9-22-15-6-10-21-11-7-15;/h3,5,12,14-15H,4,6-11,13H2,1-2H3,(H2,18,19,20);1H. The molecule has 1 fully saturated rings. The molecule has 2 N–H and O–H groups in total. The van der Waals surface area contributed by atoms with Gasteiger partial charge in [-0.05, 0) is 30.7 Å². The van der Waals surface area contributed by atoms with Crippen molar-refractivity contribution in [2.75, 3.05) is 40.0 Å². The van der Waals surface area contributed by atoms with Crippen LogP contribution in [0.15, 0.2) is 22.5 Å². The number of halogens is 1. The van der Waals surface area contributed by atoms with E-state index in [1.54, 1.807) is 11.3 Å². The normalized spacial score (nSPS) is 17.2. The number of aliphatic imine (C=N–C) groups is 1. The van der Waals surface area contributed by atoms with E-state index in [1.807, 2.05) is 7.05 Å². The summed E-state index contributed by atoms with van der Waals surface area (Å²) in [4.78, 5) is 5.67. The maximum atomic E-state index is 5.87. The highest BCUT2D eigenvalue weighted by Gasteiger charge is 2.13. The molecule has 1 aliphatic heterocycles. The van der Waals surface area contributed by atoms with Crippen LogP contribution in [0.3, 0.4) is 0 Å². The number of ether oxygens (including phenoxy) is 2. The zero-order chi connectivity index (χ0) is 16.3. The Kier molecular flexibility index (Phi) is 11.7. The second-order valence-electron chi connectivity index (χ2n) is 5.83. The summed E-state index contributed by atoms with van der Waals surface area (Å²) in [6.45, 7) is 6.45. The minimum Gasteiger partial charge on any atom is -0.381 e. The molecule has 24 heavy (non-hydrogen) atoms. The van der Waals surface area contributed by atoms with Gasteiger partial charge in [-0.1, -0.05) is 13.0 Å². The van der Waals surface area contributed by atoms with E-state index in [0.717, 1.165) is 58.1 Å². The molecule has 7 heteroatoms. The van der Waals surface area contributed by atoms with Gasteiger partial charge in [-0.2, -0.15) is 0 Å². The van der Waals surface area contributed by atoms with E-state index in [-0.39, 0.29) is 24.0 Å². The Morgan fingerprint density at radius 3 is 2.88 bits per heavy atom. The lowest BCUT2D eigenvalue weighted by atomic mass is 10.1. The molecular formula is C17H30IN3O2S. The van der Waals surface area contributed by atoms with Crippen molar-refractivity contribution in [2.45, 2.75) is 38.2 Å². The summed E-state index contributed by atoms with van der Waals surface area (Å²) in [5.74, 6) is 1.35. The van der Waals surface area contributed by atoms with E-state index in [4.69, 9.17) is 9.47 Å². The summed E-state index contributed by atoms with van der Waals surface area (Å²) in [7, 11) is 1.81. The maximum Gasteiger partial charge on any atom is 0.190 e. The first-order valence-corrected chi connectivity index (χ1v) is 9.35. The van der Waals surface area contributed by atoms with Crippen molar-refractivity contribution in [1.82, 2.24) is 10.6 Å². The lowest BCUT2D eigenvalue weighted by Crippen LogP contribution is -2.39. The van der Waals surface area contributed by atoms with Crippen LogP contribution in [0.25, 0.3) is 0 Å². The smallest absolute Gasteiger partial charge is 0.190 e. The molecule has 0 saturated carbocycles. The summed E-state index contributed by atoms with van der Waals surface area (Å²) in [6, 6.07) is 4.28. The van der Waals surface area contributed by atoms with Gasteiger partial charge < -0.3 is 20.1 Å². The van der Waals surface area contributed by atoms with Gasteiger partial charge in [0.05, 0.1) is 6.10 Å². The third-order valence-corrected chi connectivity index (χ3v) is 5.07. The molecule has 0 aliphatic carbocycles. The fourth-order valence-electron chi connectivity index (χ4n) is 2.51. The first-order chi connectivity index (χ1) is 11.3. The van der Waals surface area contributed by atoms with Gasteiger partial charge in [0, 0.05) is 50.8 Å². The minimum atomic E-state index is 0. The Hall–Kier alpha value is -0.380. The van der Waals surface area contributed by atoms with Gasteiger partial charge in [0.25, 0.3) is 0 Å².